The van der Waals surface area contributed by atoms with E-state index in [-0.39, 0.29) is 5.41 Å². The smallest absolute Gasteiger partial charge is 0.228 e. The summed E-state index contributed by atoms with van der Waals surface area (Å²) in [5.74, 6) is 1.20. The maximum atomic E-state index is 5.89. The highest BCUT2D eigenvalue weighted by Gasteiger charge is 2.17. The van der Waals surface area contributed by atoms with Gasteiger partial charge in [-0.1, -0.05) is 37.5 Å². The summed E-state index contributed by atoms with van der Waals surface area (Å²) >= 11 is 7.60. The summed E-state index contributed by atoms with van der Waals surface area (Å²) < 4.78 is 5.30. The second-order valence-electron chi connectivity index (χ2n) is 6.84. The zero-order chi connectivity index (χ0) is 17.9. The van der Waals surface area contributed by atoms with Crippen molar-refractivity contribution in [2.75, 3.05) is 6.54 Å². The monoisotopic (exact) mass is 376 g/mol. The van der Waals surface area contributed by atoms with Crippen LogP contribution in [0.5, 0.6) is 0 Å². The van der Waals surface area contributed by atoms with Crippen molar-refractivity contribution in [3.05, 3.63) is 51.3 Å². The summed E-state index contributed by atoms with van der Waals surface area (Å²) in [5, 5.41) is 11.3. The van der Waals surface area contributed by atoms with Crippen LogP contribution in [0.4, 0.5) is 0 Å². The molecule has 3 aromatic rings. The molecule has 0 spiro atoms. The zero-order valence-electron chi connectivity index (χ0n) is 14.5. The normalized spacial score (nSPS) is 11.8. The lowest BCUT2D eigenvalue weighted by atomic mass is 9.98. The van der Waals surface area contributed by atoms with Gasteiger partial charge >= 0.3 is 0 Å². The van der Waals surface area contributed by atoms with E-state index in [4.69, 9.17) is 16.1 Å². The molecule has 2 heterocycles. The Hall–Kier alpha value is -1.76. The SMILES string of the molecule is CC(C)(C)c1nc(CNCCc2nc(-c3ccc(Cl)cc3)no2)cs1. The van der Waals surface area contributed by atoms with Crippen LogP contribution in [0.1, 0.15) is 37.4 Å². The molecule has 5 nitrogen and oxygen atoms in total. The van der Waals surface area contributed by atoms with Crippen LogP contribution in [0.3, 0.4) is 0 Å². The Labute approximate surface area is 156 Å². The number of nitrogens with zero attached hydrogens (tertiary/aromatic N) is 3. The third-order valence-corrected chi connectivity index (χ3v) is 5.15. The van der Waals surface area contributed by atoms with Gasteiger partial charge in [-0.25, -0.2) is 4.98 Å². The molecule has 2 aromatic heterocycles. The van der Waals surface area contributed by atoms with Gasteiger partial charge in [0.15, 0.2) is 0 Å². The van der Waals surface area contributed by atoms with Crippen LogP contribution in [-0.4, -0.2) is 21.7 Å². The maximum Gasteiger partial charge on any atom is 0.228 e. The third kappa shape index (κ3) is 4.87. The van der Waals surface area contributed by atoms with Gasteiger partial charge in [0, 0.05) is 40.9 Å². The molecule has 7 heteroatoms. The lowest BCUT2D eigenvalue weighted by Crippen LogP contribution is -2.17. The van der Waals surface area contributed by atoms with Crippen LogP contribution in [0.2, 0.25) is 5.02 Å². The number of hydrogen-bond donors (Lipinski definition) is 1. The number of nitrogens with one attached hydrogen (secondary N) is 1. The molecule has 0 amide bonds. The fourth-order valence-electron chi connectivity index (χ4n) is 2.22. The van der Waals surface area contributed by atoms with Gasteiger partial charge in [0.05, 0.1) is 10.7 Å². The molecule has 0 aliphatic rings. The standard InChI is InChI=1S/C18H21ClN4OS/c1-18(2,3)17-21-14(11-25-17)10-20-9-8-15-22-16(23-24-15)12-4-6-13(19)7-5-12/h4-7,11,20H,8-10H2,1-3H3. The number of hydrogen-bond acceptors (Lipinski definition) is 6. The summed E-state index contributed by atoms with van der Waals surface area (Å²) in [7, 11) is 0. The second-order valence-corrected chi connectivity index (χ2v) is 8.13. The fourth-order valence-corrected chi connectivity index (χ4v) is 3.25. The van der Waals surface area contributed by atoms with Gasteiger partial charge in [-0.2, -0.15) is 4.98 Å². The van der Waals surface area contributed by atoms with E-state index >= 15 is 0 Å². The van der Waals surface area contributed by atoms with E-state index < -0.39 is 0 Å². The number of aromatic nitrogens is 3. The van der Waals surface area contributed by atoms with Gasteiger partial charge in [0.2, 0.25) is 11.7 Å². The molecule has 132 valence electrons. The van der Waals surface area contributed by atoms with Crippen molar-refractivity contribution >= 4 is 22.9 Å². The first-order valence-corrected chi connectivity index (χ1v) is 9.42. The summed E-state index contributed by atoms with van der Waals surface area (Å²) in [6.07, 6.45) is 0.677. The van der Waals surface area contributed by atoms with E-state index in [1.165, 1.54) is 0 Å². The van der Waals surface area contributed by atoms with Gasteiger partial charge in [-0.3, -0.25) is 0 Å². The molecule has 0 aliphatic carbocycles. The van der Waals surface area contributed by atoms with Crippen molar-refractivity contribution in [1.82, 2.24) is 20.4 Å². The van der Waals surface area contributed by atoms with Gasteiger partial charge < -0.3 is 9.84 Å². The fraction of sp³-hybridized carbons (Fsp3) is 0.389. The zero-order valence-corrected chi connectivity index (χ0v) is 16.1. The molecule has 1 aromatic carbocycles. The van der Waals surface area contributed by atoms with Crippen LogP contribution in [0.15, 0.2) is 34.2 Å². The highest BCUT2D eigenvalue weighted by Crippen LogP contribution is 2.25. The molecule has 0 saturated heterocycles. The van der Waals surface area contributed by atoms with Gasteiger partial charge in [-0.15, -0.1) is 11.3 Å². The molecule has 0 atom stereocenters. The molecular formula is C18H21ClN4OS. The van der Waals surface area contributed by atoms with E-state index in [0.29, 0.717) is 23.2 Å². The van der Waals surface area contributed by atoms with Gasteiger partial charge in [0.1, 0.15) is 0 Å². The lowest BCUT2D eigenvalue weighted by molar-refractivity contribution is 0.376. The molecule has 3 rings (SSSR count). The summed E-state index contributed by atoms with van der Waals surface area (Å²) in [4.78, 5) is 9.09. The van der Waals surface area contributed by atoms with Crippen LogP contribution in [0.25, 0.3) is 11.4 Å². The minimum Gasteiger partial charge on any atom is -0.339 e. The van der Waals surface area contributed by atoms with Crippen LogP contribution < -0.4 is 5.32 Å². The van der Waals surface area contributed by atoms with Crippen molar-refractivity contribution in [1.29, 1.82) is 0 Å². The van der Waals surface area contributed by atoms with Crippen molar-refractivity contribution in [2.24, 2.45) is 0 Å². The number of thiazole rings is 1. The Kier molecular flexibility index (Phi) is 5.51. The largest absolute Gasteiger partial charge is 0.339 e. The van der Waals surface area contributed by atoms with Crippen molar-refractivity contribution in [3.8, 4) is 11.4 Å². The van der Waals surface area contributed by atoms with Crippen molar-refractivity contribution in [2.45, 2.75) is 39.2 Å². The summed E-state index contributed by atoms with van der Waals surface area (Å²) in [5.41, 5.74) is 2.07. The Morgan fingerprint density at radius 1 is 1.16 bits per heavy atom. The molecule has 25 heavy (non-hydrogen) atoms. The summed E-state index contributed by atoms with van der Waals surface area (Å²) in [6, 6.07) is 7.39. The highest BCUT2D eigenvalue weighted by molar-refractivity contribution is 7.09. The maximum absolute atomic E-state index is 5.89. The molecule has 0 unspecified atom stereocenters. The first-order valence-electron chi connectivity index (χ1n) is 8.16. The topological polar surface area (TPSA) is 63.8 Å². The molecule has 0 fully saturated rings. The van der Waals surface area contributed by atoms with Gasteiger partial charge in [-0.05, 0) is 24.3 Å². The molecule has 0 aliphatic heterocycles. The van der Waals surface area contributed by atoms with Crippen LogP contribution >= 0.6 is 22.9 Å². The van der Waals surface area contributed by atoms with E-state index in [2.05, 4.69) is 46.6 Å². The minimum atomic E-state index is 0.102. The average molecular weight is 377 g/mol. The predicted octanol–water partition coefficient (Wildman–Crippen LogP) is 4.48. The van der Waals surface area contributed by atoms with Crippen molar-refractivity contribution < 1.29 is 4.52 Å². The lowest BCUT2D eigenvalue weighted by Gasteiger charge is -2.13. The van der Waals surface area contributed by atoms with E-state index in [0.717, 1.165) is 29.4 Å². The minimum absolute atomic E-state index is 0.102. The highest BCUT2D eigenvalue weighted by atomic mass is 35.5. The predicted molar refractivity (Wildman–Crippen MR) is 101 cm³/mol. The second kappa shape index (κ2) is 7.64. The average Bonchev–Trinajstić information content (AvgIpc) is 3.21. The van der Waals surface area contributed by atoms with Gasteiger partial charge in [0.25, 0.3) is 0 Å². The van der Waals surface area contributed by atoms with E-state index in [9.17, 15) is 0 Å². The Morgan fingerprint density at radius 3 is 2.60 bits per heavy atom. The summed E-state index contributed by atoms with van der Waals surface area (Å²) in [6.45, 7) is 8.03. The van der Waals surface area contributed by atoms with E-state index in [1.54, 1.807) is 11.3 Å². The first-order chi connectivity index (χ1) is 11.9. The molecule has 0 bridgehead atoms. The molecule has 0 saturated carbocycles. The number of benzene rings is 1. The van der Waals surface area contributed by atoms with Crippen LogP contribution in [0, 0.1) is 0 Å². The Balaban J connectivity index is 1.48. The first kappa shape index (κ1) is 18.0. The third-order valence-electron chi connectivity index (χ3n) is 3.59. The quantitative estimate of drug-likeness (QED) is 0.643. The van der Waals surface area contributed by atoms with E-state index in [1.807, 2.05) is 24.3 Å². The Bertz CT molecular complexity index is 820. The number of halogens is 1. The molecular weight excluding hydrogens is 356 g/mol. The number of rotatable bonds is 6. The van der Waals surface area contributed by atoms with Crippen LogP contribution in [-0.2, 0) is 18.4 Å². The van der Waals surface area contributed by atoms with Crippen molar-refractivity contribution in [3.63, 3.8) is 0 Å². The molecule has 1 N–H and O–H groups in total. The Morgan fingerprint density at radius 2 is 1.92 bits per heavy atom. The molecule has 0 radical (unpaired) electrons.